The summed E-state index contributed by atoms with van der Waals surface area (Å²) in [6.45, 7) is 0.616. The van der Waals surface area contributed by atoms with E-state index in [0.29, 0.717) is 6.42 Å². The maximum Gasteiger partial charge on any atom is 0.346 e. The van der Waals surface area contributed by atoms with Crippen LogP contribution in [0, 0.1) is 0 Å². The van der Waals surface area contributed by atoms with Gasteiger partial charge in [0.15, 0.2) is 0 Å². The van der Waals surface area contributed by atoms with Gasteiger partial charge in [0.05, 0.1) is 0 Å². The second kappa shape index (κ2) is 3.46. The lowest BCUT2D eigenvalue weighted by Crippen LogP contribution is -2.21. The topological polar surface area (TPSA) is 9.23 Å². The van der Waals surface area contributed by atoms with E-state index in [1.807, 2.05) is 0 Å². The molecule has 0 aromatic heterocycles. The molecule has 0 rings (SSSR count). The summed E-state index contributed by atoms with van der Waals surface area (Å²) in [6.07, 6.45) is 0.511. The first kappa shape index (κ1) is 9.30. The Kier molecular flexibility index (Phi) is 3.58. The van der Waals surface area contributed by atoms with Crippen molar-refractivity contribution in [2.75, 3.05) is 0 Å². The minimum atomic E-state index is -2.70. The van der Waals surface area contributed by atoms with Crippen LogP contribution in [0.25, 0.3) is 0 Å². The summed E-state index contributed by atoms with van der Waals surface area (Å²) in [5, 5.41) is 0. The highest BCUT2D eigenvalue weighted by molar-refractivity contribution is 9.10. The van der Waals surface area contributed by atoms with Crippen LogP contribution in [0.5, 0.6) is 0 Å². The highest BCUT2D eigenvalue weighted by Crippen LogP contribution is 2.25. The molecule has 0 aromatic carbocycles. The molecular formula is C5H9BrF2O. The fourth-order valence-corrected chi connectivity index (χ4v) is 0.410. The van der Waals surface area contributed by atoms with E-state index >= 15 is 0 Å². The van der Waals surface area contributed by atoms with Gasteiger partial charge < -0.3 is 4.74 Å². The summed E-state index contributed by atoms with van der Waals surface area (Å²) in [4.78, 5) is 0. The van der Waals surface area contributed by atoms with Crippen molar-refractivity contribution in [3.8, 4) is 0 Å². The number of rotatable bonds is 3. The number of alkyl halides is 3. The van der Waals surface area contributed by atoms with Gasteiger partial charge in [0, 0.05) is 0 Å². The molecule has 0 aromatic rings. The summed E-state index contributed by atoms with van der Waals surface area (Å²) in [6, 6.07) is 0. The second-order valence-electron chi connectivity index (χ2n) is 1.83. The Balaban J connectivity index is 3.58. The number of hydrogen-bond acceptors (Lipinski definition) is 1. The van der Waals surface area contributed by atoms with Crippen LogP contribution >= 0.6 is 15.9 Å². The molecule has 0 spiro atoms. The Bertz CT molecular complexity index is 85.0. The van der Waals surface area contributed by atoms with E-state index in [9.17, 15) is 8.78 Å². The van der Waals surface area contributed by atoms with Gasteiger partial charge in [-0.05, 0) is 13.3 Å². The minimum Gasteiger partial charge on any atom is -0.305 e. The standard InChI is InChI=1S/C5H9BrF2O/c1-3-5(2,6)9-4(7)8/h4H,3H2,1-2H3. The Labute approximate surface area is 61.5 Å². The van der Waals surface area contributed by atoms with Gasteiger partial charge in [0.2, 0.25) is 0 Å². The average Bonchev–Trinajstić information content (AvgIpc) is 1.63. The van der Waals surface area contributed by atoms with Gasteiger partial charge in [0.1, 0.15) is 4.51 Å². The third-order valence-electron chi connectivity index (χ3n) is 0.966. The van der Waals surface area contributed by atoms with Crippen molar-refractivity contribution in [3.63, 3.8) is 0 Å². The molecule has 0 aliphatic rings. The van der Waals surface area contributed by atoms with E-state index < -0.39 is 11.1 Å². The quantitative estimate of drug-likeness (QED) is 0.640. The predicted molar refractivity (Wildman–Crippen MR) is 34.7 cm³/mol. The lowest BCUT2D eigenvalue weighted by atomic mass is 10.3. The van der Waals surface area contributed by atoms with E-state index in [2.05, 4.69) is 20.7 Å². The molecule has 0 amide bonds. The zero-order valence-electron chi connectivity index (χ0n) is 5.33. The monoisotopic (exact) mass is 202 g/mol. The third kappa shape index (κ3) is 4.78. The van der Waals surface area contributed by atoms with E-state index in [1.165, 1.54) is 0 Å². The maximum absolute atomic E-state index is 11.5. The Morgan fingerprint density at radius 1 is 1.67 bits per heavy atom. The molecule has 0 radical (unpaired) electrons. The molecule has 0 aliphatic heterocycles. The average molecular weight is 203 g/mol. The van der Waals surface area contributed by atoms with Crippen LogP contribution in [0.4, 0.5) is 8.78 Å². The Morgan fingerprint density at radius 3 is 2.22 bits per heavy atom. The minimum absolute atomic E-state index is 0.511. The molecule has 0 N–H and O–H groups in total. The molecule has 1 nitrogen and oxygen atoms in total. The first-order valence-corrected chi connectivity index (χ1v) is 3.42. The first-order valence-electron chi connectivity index (χ1n) is 2.63. The Morgan fingerprint density at radius 2 is 2.11 bits per heavy atom. The van der Waals surface area contributed by atoms with Crippen molar-refractivity contribution in [3.05, 3.63) is 0 Å². The summed E-state index contributed by atoms with van der Waals surface area (Å²) in [7, 11) is 0. The molecule has 0 saturated carbocycles. The maximum atomic E-state index is 11.5. The van der Waals surface area contributed by atoms with Gasteiger partial charge in [-0.1, -0.05) is 22.9 Å². The fourth-order valence-electron chi connectivity index (χ4n) is 0.269. The van der Waals surface area contributed by atoms with Crippen molar-refractivity contribution in [2.24, 2.45) is 0 Å². The van der Waals surface area contributed by atoms with Gasteiger partial charge in [-0.25, -0.2) is 0 Å². The molecule has 1 atom stereocenters. The van der Waals surface area contributed by atoms with Crippen LogP contribution in [0.2, 0.25) is 0 Å². The van der Waals surface area contributed by atoms with Crippen LogP contribution in [0.3, 0.4) is 0 Å². The molecule has 0 fully saturated rings. The number of ether oxygens (including phenoxy) is 1. The second-order valence-corrected chi connectivity index (χ2v) is 3.51. The van der Waals surface area contributed by atoms with Crippen molar-refractivity contribution < 1.29 is 13.5 Å². The molecule has 4 heteroatoms. The summed E-state index contributed by atoms with van der Waals surface area (Å²) >= 11 is 2.98. The van der Waals surface area contributed by atoms with Crippen molar-refractivity contribution in [2.45, 2.75) is 31.4 Å². The molecule has 0 heterocycles. The van der Waals surface area contributed by atoms with Gasteiger partial charge in [-0.3, -0.25) is 0 Å². The highest BCUT2D eigenvalue weighted by atomic mass is 79.9. The van der Waals surface area contributed by atoms with Crippen LogP contribution in [0.15, 0.2) is 0 Å². The predicted octanol–water partition coefficient (Wildman–Crippen LogP) is 2.75. The van der Waals surface area contributed by atoms with Crippen LogP contribution in [0.1, 0.15) is 20.3 Å². The van der Waals surface area contributed by atoms with Crippen molar-refractivity contribution in [1.82, 2.24) is 0 Å². The molecular weight excluding hydrogens is 194 g/mol. The van der Waals surface area contributed by atoms with E-state index in [4.69, 9.17) is 0 Å². The molecule has 0 bridgehead atoms. The third-order valence-corrected chi connectivity index (χ3v) is 1.71. The van der Waals surface area contributed by atoms with E-state index in [0.717, 1.165) is 0 Å². The number of halogens is 3. The first-order chi connectivity index (χ1) is 3.98. The molecule has 0 saturated heterocycles. The number of hydrogen-bond donors (Lipinski definition) is 0. The largest absolute Gasteiger partial charge is 0.346 e. The molecule has 1 unspecified atom stereocenters. The molecule has 0 aliphatic carbocycles. The normalized spacial score (nSPS) is 18.0. The Hall–Kier alpha value is 0.300. The SMILES string of the molecule is CCC(C)(Br)OC(F)F. The fraction of sp³-hybridized carbons (Fsp3) is 1.00. The lowest BCUT2D eigenvalue weighted by molar-refractivity contribution is -0.168. The lowest BCUT2D eigenvalue weighted by Gasteiger charge is -2.19. The van der Waals surface area contributed by atoms with Gasteiger partial charge in [0.25, 0.3) is 0 Å². The zero-order chi connectivity index (χ0) is 7.49. The summed E-state index contributed by atoms with van der Waals surface area (Å²) in [5.74, 6) is 0. The summed E-state index contributed by atoms with van der Waals surface area (Å²) < 4.78 is 26.2. The van der Waals surface area contributed by atoms with Gasteiger partial charge >= 0.3 is 6.61 Å². The van der Waals surface area contributed by atoms with Gasteiger partial charge in [-0.15, -0.1) is 0 Å². The van der Waals surface area contributed by atoms with E-state index in [-0.39, 0.29) is 0 Å². The van der Waals surface area contributed by atoms with E-state index in [1.54, 1.807) is 13.8 Å². The highest BCUT2D eigenvalue weighted by Gasteiger charge is 2.22. The van der Waals surface area contributed by atoms with Crippen molar-refractivity contribution in [1.29, 1.82) is 0 Å². The van der Waals surface area contributed by atoms with Crippen LogP contribution in [-0.4, -0.2) is 11.1 Å². The van der Waals surface area contributed by atoms with Crippen LogP contribution in [-0.2, 0) is 4.74 Å². The van der Waals surface area contributed by atoms with Crippen LogP contribution < -0.4 is 0 Å². The summed E-state index contributed by atoms with van der Waals surface area (Å²) in [5.41, 5.74) is 0. The van der Waals surface area contributed by atoms with Crippen molar-refractivity contribution >= 4 is 15.9 Å². The molecule has 9 heavy (non-hydrogen) atoms. The molecule has 56 valence electrons. The smallest absolute Gasteiger partial charge is 0.305 e. The van der Waals surface area contributed by atoms with Gasteiger partial charge in [-0.2, -0.15) is 8.78 Å². The zero-order valence-corrected chi connectivity index (χ0v) is 6.91.